The Bertz CT molecular complexity index is 404. The van der Waals surface area contributed by atoms with Crippen molar-refractivity contribution in [3.8, 4) is 0 Å². The SMILES string of the molecule is O=C(O)CCCCCSc1nnnn1C1CCCC1. The fourth-order valence-corrected chi connectivity index (χ4v) is 3.32. The van der Waals surface area contributed by atoms with E-state index in [2.05, 4.69) is 15.5 Å². The summed E-state index contributed by atoms with van der Waals surface area (Å²) in [4.78, 5) is 10.4. The maximum absolute atomic E-state index is 10.4. The molecule has 1 heterocycles. The summed E-state index contributed by atoms with van der Waals surface area (Å²) < 4.78 is 1.97. The van der Waals surface area contributed by atoms with Crippen LogP contribution in [0.3, 0.4) is 0 Å². The number of carbonyl (C=O) groups is 1. The highest BCUT2D eigenvalue weighted by atomic mass is 32.2. The average molecular weight is 284 g/mol. The quantitative estimate of drug-likeness (QED) is 0.583. The number of hydrogen-bond acceptors (Lipinski definition) is 5. The molecule has 0 atom stereocenters. The molecule has 1 aromatic heterocycles. The first-order chi connectivity index (χ1) is 9.27. The van der Waals surface area contributed by atoms with E-state index in [1.165, 1.54) is 25.7 Å². The van der Waals surface area contributed by atoms with Crippen molar-refractivity contribution in [3.63, 3.8) is 0 Å². The molecule has 0 amide bonds. The van der Waals surface area contributed by atoms with Gasteiger partial charge in [0.15, 0.2) is 0 Å². The molecule has 106 valence electrons. The van der Waals surface area contributed by atoms with E-state index < -0.39 is 5.97 Å². The summed E-state index contributed by atoms with van der Waals surface area (Å²) in [6, 6.07) is 0.476. The van der Waals surface area contributed by atoms with Crippen LogP contribution >= 0.6 is 11.8 Å². The first kappa shape index (κ1) is 14.3. The van der Waals surface area contributed by atoms with Gasteiger partial charge in [0.05, 0.1) is 6.04 Å². The van der Waals surface area contributed by atoms with Crippen molar-refractivity contribution >= 4 is 17.7 Å². The fourth-order valence-electron chi connectivity index (χ4n) is 2.38. The van der Waals surface area contributed by atoms with Gasteiger partial charge in [-0.15, -0.1) is 5.10 Å². The Morgan fingerprint density at radius 1 is 1.32 bits per heavy atom. The summed E-state index contributed by atoms with van der Waals surface area (Å²) in [5, 5.41) is 21.4. The Morgan fingerprint density at radius 3 is 2.84 bits per heavy atom. The molecule has 0 spiro atoms. The molecule has 0 unspecified atom stereocenters. The number of unbranched alkanes of at least 4 members (excludes halogenated alkanes) is 2. The van der Waals surface area contributed by atoms with Crippen LogP contribution in [0, 0.1) is 0 Å². The van der Waals surface area contributed by atoms with E-state index in [1.54, 1.807) is 11.8 Å². The Kier molecular flexibility index (Phi) is 5.62. The average Bonchev–Trinajstić information content (AvgIpc) is 3.03. The molecule has 0 bridgehead atoms. The summed E-state index contributed by atoms with van der Waals surface area (Å²) >= 11 is 1.68. The van der Waals surface area contributed by atoms with E-state index in [-0.39, 0.29) is 6.42 Å². The minimum atomic E-state index is -0.710. The normalized spacial score (nSPS) is 16.0. The number of nitrogens with zero attached hydrogens (tertiary/aromatic N) is 4. The van der Waals surface area contributed by atoms with Gasteiger partial charge in [0.25, 0.3) is 0 Å². The van der Waals surface area contributed by atoms with E-state index >= 15 is 0 Å². The summed E-state index contributed by atoms with van der Waals surface area (Å²) in [5.74, 6) is 0.241. The van der Waals surface area contributed by atoms with Gasteiger partial charge in [0.1, 0.15) is 0 Å². The third-order valence-corrected chi connectivity index (χ3v) is 4.42. The molecule has 2 rings (SSSR count). The monoisotopic (exact) mass is 284 g/mol. The summed E-state index contributed by atoms with van der Waals surface area (Å²) in [6.07, 6.45) is 7.87. The number of carboxylic acid groups (broad SMARTS) is 1. The first-order valence-electron chi connectivity index (χ1n) is 6.90. The molecule has 0 saturated heterocycles. The molecule has 1 N–H and O–H groups in total. The van der Waals surface area contributed by atoms with E-state index in [1.807, 2.05) is 4.68 Å². The predicted octanol–water partition coefficient (Wildman–Crippen LogP) is 2.53. The molecule has 19 heavy (non-hydrogen) atoms. The summed E-state index contributed by atoms with van der Waals surface area (Å²) in [7, 11) is 0. The van der Waals surface area contributed by atoms with Crippen molar-refractivity contribution < 1.29 is 9.90 Å². The molecule has 1 aliphatic carbocycles. The van der Waals surface area contributed by atoms with Crippen LogP contribution in [0.4, 0.5) is 0 Å². The standard InChI is InChI=1S/C12H20N4O2S/c17-11(18)8-2-1-5-9-19-12-13-14-15-16(12)10-6-3-4-7-10/h10H,1-9H2,(H,17,18). The molecular formula is C12H20N4O2S. The largest absolute Gasteiger partial charge is 0.481 e. The molecule has 1 aromatic rings. The van der Waals surface area contributed by atoms with Crippen LogP contribution in [0.15, 0.2) is 5.16 Å². The second-order valence-electron chi connectivity index (χ2n) is 4.90. The lowest BCUT2D eigenvalue weighted by atomic mass is 10.2. The predicted molar refractivity (Wildman–Crippen MR) is 72.1 cm³/mol. The smallest absolute Gasteiger partial charge is 0.303 e. The minimum Gasteiger partial charge on any atom is -0.481 e. The number of rotatable bonds is 8. The van der Waals surface area contributed by atoms with Gasteiger partial charge in [0, 0.05) is 12.2 Å². The van der Waals surface area contributed by atoms with Crippen LogP contribution in [0.2, 0.25) is 0 Å². The Labute approximate surface area is 117 Å². The van der Waals surface area contributed by atoms with Crippen LogP contribution in [-0.2, 0) is 4.79 Å². The van der Waals surface area contributed by atoms with Crippen LogP contribution in [0.1, 0.15) is 57.4 Å². The Morgan fingerprint density at radius 2 is 2.11 bits per heavy atom. The van der Waals surface area contributed by atoms with Gasteiger partial charge in [-0.05, 0) is 36.1 Å². The van der Waals surface area contributed by atoms with Gasteiger partial charge >= 0.3 is 5.97 Å². The molecular weight excluding hydrogens is 264 g/mol. The highest BCUT2D eigenvalue weighted by molar-refractivity contribution is 7.99. The zero-order valence-electron chi connectivity index (χ0n) is 11.0. The molecule has 0 radical (unpaired) electrons. The van der Waals surface area contributed by atoms with Crippen molar-refractivity contribution in [3.05, 3.63) is 0 Å². The van der Waals surface area contributed by atoms with Crippen molar-refractivity contribution in [2.45, 2.75) is 62.6 Å². The topological polar surface area (TPSA) is 80.9 Å². The number of thioether (sulfide) groups is 1. The molecule has 1 saturated carbocycles. The number of hydrogen-bond donors (Lipinski definition) is 1. The highest BCUT2D eigenvalue weighted by Gasteiger charge is 2.21. The van der Waals surface area contributed by atoms with Crippen LogP contribution in [0.25, 0.3) is 0 Å². The Balaban J connectivity index is 1.68. The van der Waals surface area contributed by atoms with Gasteiger partial charge < -0.3 is 5.11 Å². The summed E-state index contributed by atoms with van der Waals surface area (Å²) in [6.45, 7) is 0. The highest BCUT2D eigenvalue weighted by Crippen LogP contribution is 2.31. The van der Waals surface area contributed by atoms with E-state index in [4.69, 9.17) is 5.11 Å². The van der Waals surface area contributed by atoms with Crippen molar-refractivity contribution in [1.29, 1.82) is 0 Å². The maximum Gasteiger partial charge on any atom is 0.303 e. The molecule has 1 fully saturated rings. The third kappa shape index (κ3) is 4.49. The van der Waals surface area contributed by atoms with Crippen molar-refractivity contribution in [1.82, 2.24) is 20.2 Å². The number of aromatic nitrogens is 4. The molecule has 0 aliphatic heterocycles. The van der Waals surface area contributed by atoms with Gasteiger partial charge in [-0.2, -0.15) is 0 Å². The van der Waals surface area contributed by atoms with Gasteiger partial charge in [0.2, 0.25) is 5.16 Å². The number of carboxylic acids is 1. The maximum atomic E-state index is 10.4. The van der Waals surface area contributed by atoms with Gasteiger partial charge in [-0.25, -0.2) is 4.68 Å². The summed E-state index contributed by atoms with van der Waals surface area (Å²) in [5.41, 5.74) is 0. The zero-order valence-corrected chi connectivity index (χ0v) is 11.8. The third-order valence-electron chi connectivity index (χ3n) is 3.40. The van der Waals surface area contributed by atoms with E-state index in [0.29, 0.717) is 6.04 Å². The Hall–Kier alpha value is -1.11. The molecule has 1 aliphatic rings. The van der Waals surface area contributed by atoms with Crippen molar-refractivity contribution in [2.75, 3.05) is 5.75 Å². The number of aliphatic carboxylic acids is 1. The minimum absolute atomic E-state index is 0.268. The van der Waals surface area contributed by atoms with E-state index in [9.17, 15) is 4.79 Å². The zero-order chi connectivity index (χ0) is 13.5. The van der Waals surface area contributed by atoms with Crippen LogP contribution in [0.5, 0.6) is 0 Å². The van der Waals surface area contributed by atoms with Crippen molar-refractivity contribution in [2.24, 2.45) is 0 Å². The number of tetrazole rings is 1. The lowest BCUT2D eigenvalue weighted by Gasteiger charge is -2.10. The molecule has 7 heteroatoms. The lowest BCUT2D eigenvalue weighted by Crippen LogP contribution is -2.08. The first-order valence-corrected chi connectivity index (χ1v) is 7.88. The second kappa shape index (κ2) is 7.47. The van der Waals surface area contributed by atoms with Gasteiger partial charge in [-0.1, -0.05) is 31.0 Å². The van der Waals surface area contributed by atoms with Crippen LogP contribution in [-0.4, -0.2) is 37.0 Å². The second-order valence-corrected chi connectivity index (χ2v) is 5.96. The lowest BCUT2D eigenvalue weighted by molar-refractivity contribution is -0.137. The fraction of sp³-hybridized carbons (Fsp3) is 0.833. The molecule has 6 nitrogen and oxygen atoms in total. The molecule has 0 aromatic carbocycles. The van der Waals surface area contributed by atoms with E-state index in [0.717, 1.165) is 30.2 Å². The van der Waals surface area contributed by atoms with Crippen LogP contribution < -0.4 is 0 Å². The van der Waals surface area contributed by atoms with Gasteiger partial charge in [-0.3, -0.25) is 4.79 Å².